The minimum absolute atomic E-state index is 0.134. The van der Waals surface area contributed by atoms with Crippen molar-refractivity contribution >= 4 is 32.3 Å². The van der Waals surface area contributed by atoms with Crippen LogP contribution in [0.5, 0.6) is 11.5 Å². The number of anilines is 1. The number of rotatable bonds is 7. The molecule has 2 heterocycles. The maximum absolute atomic E-state index is 13.0. The Bertz CT molecular complexity index is 1580. The van der Waals surface area contributed by atoms with Gasteiger partial charge in [0.05, 0.1) is 34.3 Å². The molecule has 2 aromatic heterocycles. The van der Waals surface area contributed by atoms with Crippen LogP contribution >= 0.6 is 0 Å². The van der Waals surface area contributed by atoms with Crippen LogP contribution in [0, 0.1) is 6.92 Å². The lowest BCUT2D eigenvalue weighted by atomic mass is 10.1. The molecule has 8 nitrogen and oxygen atoms in total. The molecule has 11 heteroatoms. The van der Waals surface area contributed by atoms with E-state index < -0.39 is 20.5 Å². The smallest absolute Gasteiger partial charge is 0.341 e. The van der Waals surface area contributed by atoms with Gasteiger partial charge in [0.1, 0.15) is 11.5 Å². The number of amides is 1. The SMILES string of the molecule is Cc1cc(CC(=O)Nc2cnn(C(C)(C)C)c2)ccc1Oc1ccnc2ccc(S(=O)(=O)C(F)F)cc12. The molecule has 0 saturated heterocycles. The lowest BCUT2D eigenvalue weighted by molar-refractivity contribution is -0.115. The van der Waals surface area contributed by atoms with Crippen molar-refractivity contribution in [2.45, 2.75) is 50.3 Å². The Hall–Kier alpha value is -3.86. The Morgan fingerprint density at radius 3 is 2.51 bits per heavy atom. The van der Waals surface area contributed by atoms with Gasteiger partial charge in [-0.3, -0.25) is 14.5 Å². The zero-order chi connectivity index (χ0) is 27.0. The second kappa shape index (κ2) is 9.89. The highest BCUT2D eigenvalue weighted by Gasteiger charge is 2.27. The van der Waals surface area contributed by atoms with Crippen molar-refractivity contribution in [3.8, 4) is 11.5 Å². The molecule has 0 spiro atoms. The van der Waals surface area contributed by atoms with Gasteiger partial charge in [-0.1, -0.05) is 12.1 Å². The summed E-state index contributed by atoms with van der Waals surface area (Å²) in [5.74, 6) is -3.01. The van der Waals surface area contributed by atoms with E-state index in [1.807, 2.05) is 26.8 Å². The van der Waals surface area contributed by atoms with Gasteiger partial charge >= 0.3 is 5.76 Å². The van der Waals surface area contributed by atoms with Crippen LogP contribution in [0.25, 0.3) is 10.9 Å². The van der Waals surface area contributed by atoms with Gasteiger partial charge in [-0.05, 0) is 69.2 Å². The molecule has 0 radical (unpaired) electrons. The van der Waals surface area contributed by atoms with E-state index in [4.69, 9.17) is 4.74 Å². The van der Waals surface area contributed by atoms with Crippen molar-refractivity contribution in [1.82, 2.24) is 14.8 Å². The number of nitrogens with one attached hydrogen (secondary N) is 1. The molecular formula is C26H26F2N4O4S. The normalized spacial score (nSPS) is 12.2. The summed E-state index contributed by atoms with van der Waals surface area (Å²) in [6.07, 6.45) is 4.99. The third-order valence-corrected chi connectivity index (χ3v) is 6.99. The highest BCUT2D eigenvalue weighted by molar-refractivity contribution is 7.91. The molecule has 0 aliphatic heterocycles. The number of benzene rings is 2. The zero-order valence-electron chi connectivity index (χ0n) is 20.7. The molecule has 0 fully saturated rings. The highest BCUT2D eigenvalue weighted by atomic mass is 32.2. The van der Waals surface area contributed by atoms with E-state index in [2.05, 4.69) is 15.4 Å². The number of halogens is 2. The number of carbonyl (C=O) groups excluding carboxylic acids is 1. The zero-order valence-corrected chi connectivity index (χ0v) is 21.5. The Kier molecular flexibility index (Phi) is 7.00. The standard InChI is InChI=1S/C26H26F2N4O4S/c1-16-11-17(12-24(33)31-18-14-30-32(15-18)26(2,3)4)5-8-22(16)36-23-9-10-29-21-7-6-19(13-20(21)23)37(34,35)25(27)28/h5-11,13-15,25H,12H2,1-4H3,(H,31,33). The number of hydrogen-bond acceptors (Lipinski definition) is 6. The molecule has 0 saturated carbocycles. The van der Waals surface area contributed by atoms with E-state index in [9.17, 15) is 22.0 Å². The van der Waals surface area contributed by atoms with Crippen molar-refractivity contribution < 1.29 is 26.7 Å². The van der Waals surface area contributed by atoms with Crippen LogP contribution in [0.1, 0.15) is 31.9 Å². The fraction of sp³-hybridized carbons (Fsp3) is 0.269. The number of aromatic nitrogens is 3. The summed E-state index contributed by atoms with van der Waals surface area (Å²) in [7, 11) is -4.77. The Labute approximate surface area is 213 Å². The molecule has 37 heavy (non-hydrogen) atoms. The summed E-state index contributed by atoms with van der Waals surface area (Å²) >= 11 is 0. The van der Waals surface area contributed by atoms with Gasteiger partial charge in [0.25, 0.3) is 0 Å². The van der Waals surface area contributed by atoms with E-state index >= 15 is 0 Å². The molecular weight excluding hydrogens is 502 g/mol. The van der Waals surface area contributed by atoms with Gasteiger partial charge in [0.15, 0.2) is 0 Å². The van der Waals surface area contributed by atoms with Crippen molar-refractivity contribution in [2.75, 3.05) is 5.32 Å². The van der Waals surface area contributed by atoms with Crippen LogP contribution in [0.2, 0.25) is 0 Å². The first kappa shape index (κ1) is 26.2. The number of carbonyl (C=O) groups is 1. The summed E-state index contributed by atoms with van der Waals surface area (Å²) in [5.41, 5.74) is 2.29. The molecule has 0 aliphatic carbocycles. The lowest BCUT2D eigenvalue weighted by Crippen LogP contribution is -2.22. The van der Waals surface area contributed by atoms with Gasteiger partial charge in [-0.15, -0.1) is 0 Å². The van der Waals surface area contributed by atoms with Crippen LogP contribution in [-0.4, -0.2) is 34.8 Å². The maximum atomic E-state index is 13.0. The molecule has 0 aliphatic rings. The maximum Gasteiger partial charge on any atom is 0.341 e. The van der Waals surface area contributed by atoms with Crippen LogP contribution in [-0.2, 0) is 26.6 Å². The van der Waals surface area contributed by atoms with E-state index in [-0.39, 0.29) is 29.0 Å². The summed E-state index contributed by atoms with van der Waals surface area (Å²) in [6.45, 7) is 7.84. The first-order chi connectivity index (χ1) is 17.3. The van der Waals surface area contributed by atoms with Crippen molar-refractivity contribution in [3.63, 3.8) is 0 Å². The number of pyridine rings is 1. The molecule has 4 rings (SSSR count). The molecule has 0 unspecified atom stereocenters. The number of aryl methyl sites for hydroxylation is 1. The predicted molar refractivity (Wildman–Crippen MR) is 136 cm³/mol. The predicted octanol–water partition coefficient (Wildman–Crippen LogP) is 5.46. The minimum Gasteiger partial charge on any atom is -0.456 e. The third kappa shape index (κ3) is 5.77. The average molecular weight is 529 g/mol. The van der Waals surface area contributed by atoms with Gasteiger partial charge in [0, 0.05) is 17.8 Å². The number of alkyl halides is 2. The van der Waals surface area contributed by atoms with Gasteiger partial charge in [-0.2, -0.15) is 13.9 Å². The van der Waals surface area contributed by atoms with Crippen LogP contribution < -0.4 is 10.1 Å². The van der Waals surface area contributed by atoms with Crippen molar-refractivity contribution in [3.05, 3.63) is 72.2 Å². The second-order valence-electron chi connectivity index (χ2n) is 9.56. The van der Waals surface area contributed by atoms with E-state index in [1.165, 1.54) is 18.3 Å². The Balaban J connectivity index is 1.52. The first-order valence-corrected chi connectivity index (χ1v) is 12.9. The second-order valence-corrected chi connectivity index (χ2v) is 11.5. The number of fused-ring (bicyclic) bond motifs is 1. The number of nitrogens with zero attached hydrogens (tertiary/aromatic N) is 3. The minimum atomic E-state index is -4.77. The van der Waals surface area contributed by atoms with Crippen LogP contribution in [0.15, 0.2) is 66.0 Å². The topological polar surface area (TPSA) is 103 Å². The summed E-state index contributed by atoms with van der Waals surface area (Å²) in [4.78, 5) is 16.2. The Morgan fingerprint density at radius 1 is 1.11 bits per heavy atom. The number of hydrogen-bond donors (Lipinski definition) is 1. The summed E-state index contributed by atoms with van der Waals surface area (Å²) in [6, 6.07) is 10.4. The molecule has 0 bridgehead atoms. The molecule has 1 N–H and O–H groups in total. The van der Waals surface area contributed by atoms with Gasteiger partial charge < -0.3 is 10.1 Å². The average Bonchev–Trinajstić information content (AvgIpc) is 3.29. The molecule has 4 aromatic rings. The van der Waals surface area contributed by atoms with Crippen molar-refractivity contribution in [1.29, 1.82) is 0 Å². The summed E-state index contributed by atoms with van der Waals surface area (Å²) in [5, 5.41) is 7.39. The highest BCUT2D eigenvalue weighted by Crippen LogP contribution is 2.33. The molecule has 2 aromatic carbocycles. The van der Waals surface area contributed by atoms with Gasteiger partial charge in [0.2, 0.25) is 15.7 Å². The molecule has 194 valence electrons. The van der Waals surface area contributed by atoms with Crippen LogP contribution in [0.3, 0.4) is 0 Å². The molecule has 0 atom stereocenters. The number of ether oxygens (including phenoxy) is 1. The third-order valence-electron chi connectivity index (χ3n) is 5.61. The van der Waals surface area contributed by atoms with Gasteiger partial charge in [-0.25, -0.2) is 8.42 Å². The fourth-order valence-electron chi connectivity index (χ4n) is 3.67. The lowest BCUT2D eigenvalue weighted by Gasteiger charge is -2.18. The van der Waals surface area contributed by atoms with Crippen LogP contribution in [0.4, 0.5) is 14.5 Å². The monoisotopic (exact) mass is 528 g/mol. The van der Waals surface area contributed by atoms with E-state index in [1.54, 1.807) is 36.1 Å². The summed E-state index contributed by atoms with van der Waals surface area (Å²) < 4.78 is 57.7. The number of sulfone groups is 1. The quantitative estimate of drug-likeness (QED) is 0.342. The largest absolute Gasteiger partial charge is 0.456 e. The Morgan fingerprint density at radius 2 is 1.86 bits per heavy atom. The first-order valence-electron chi connectivity index (χ1n) is 11.4. The van der Waals surface area contributed by atoms with E-state index in [0.717, 1.165) is 23.3 Å². The fourth-order valence-corrected chi connectivity index (χ4v) is 4.41. The van der Waals surface area contributed by atoms with E-state index in [0.29, 0.717) is 17.0 Å². The molecule has 1 amide bonds. The van der Waals surface area contributed by atoms with Crippen molar-refractivity contribution in [2.24, 2.45) is 0 Å².